The van der Waals surface area contributed by atoms with Crippen molar-refractivity contribution >= 4 is 34.7 Å². The fourth-order valence-electron chi connectivity index (χ4n) is 1.98. The highest BCUT2D eigenvalue weighted by atomic mass is 35.5. The first kappa shape index (κ1) is 14.7. The predicted molar refractivity (Wildman–Crippen MR) is 86.0 cm³/mol. The van der Waals surface area contributed by atoms with Crippen LogP contribution >= 0.6 is 23.2 Å². The minimum atomic E-state index is 0.0101. The number of anilines is 1. The van der Waals surface area contributed by atoms with E-state index in [0.29, 0.717) is 22.2 Å². The number of nitrogens with zero attached hydrogens (tertiary/aromatic N) is 1. The van der Waals surface area contributed by atoms with Gasteiger partial charge in [0.15, 0.2) is 0 Å². The standard InChI is InChI=1S/C15H15Cl2N3/c1-20(9-10-3-2-4-12(16)7-10)14-6-5-11(15(18)19)8-13(14)17/h2-8H,9H2,1H3,(H3,18,19). The van der Waals surface area contributed by atoms with E-state index in [1.165, 1.54) is 0 Å². The lowest BCUT2D eigenvalue weighted by Crippen LogP contribution is -2.17. The monoisotopic (exact) mass is 307 g/mol. The van der Waals surface area contributed by atoms with Gasteiger partial charge in [-0.25, -0.2) is 0 Å². The van der Waals surface area contributed by atoms with Crippen LogP contribution in [0.5, 0.6) is 0 Å². The van der Waals surface area contributed by atoms with Gasteiger partial charge in [-0.15, -0.1) is 0 Å². The van der Waals surface area contributed by atoms with Crippen molar-refractivity contribution in [1.82, 2.24) is 0 Å². The van der Waals surface area contributed by atoms with Gasteiger partial charge in [0.1, 0.15) is 5.84 Å². The Kier molecular flexibility index (Phi) is 4.53. The van der Waals surface area contributed by atoms with Crippen molar-refractivity contribution in [3.05, 3.63) is 63.6 Å². The van der Waals surface area contributed by atoms with Crippen LogP contribution in [0.3, 0.4) is 0 Å². The third kappa shape index (κ3) is 3.44. The lowest BCUT2D eigenvalue weighted by molar-refractivity contribution is 0.923. The quantitative estimate of drug-likeness (QED) is 0.664. The summed E-state index contributed by atoms with van der Waals surface area (Å²) in [5, 5.41) is 8.69. The molecule has 0 amide bonds. The molecule has 0 radical (unpaired) electrons. The molecule has 0 aliphatic heterocycles. The van der Waals surface area contributed by atoms with Crippen molar-refractivity contribution < 1.29 is 0 Å². The van der Waals surface area contributed by atoms with Crippen LogP contribution in [-0.4, -0.2) is 12.9 Å². The van der Waals surface area contributed by atoms with Crippen molar-refractivity contribution in [3.63, 3.8) is 0 Å². The van der Waals surface area contributed by atoms with Crippen LogP contribution in [-0.2, 0) is 6.54 Å². The highest BCUT2D eigenvalue weighted by Gasteiger charge is 2.09. The fourth-order valence-corrected chi connectivity index (χ4v) is 2.52. The third-order valence-corrected chi connectivity index (χ3v) is 3.52. The average molecular weight is 308 g/mol. The number of nitrogens with two attached hydrogens (primary N) is 1. The first-order valence-corrected chi connectivity index (χ1v) is 6.82. The molecule has 0 aromatic heterocycles. The van der Waals surface area contributed by atoms with Gasteiger partial charge in [0, 0.05) is 24.2 Å². The minimum absolute atomic E-state index is 0.0101. The summed E-state index contributed by atoms with van der Waals surface area (Å²) in [7, 11) is 1.95. The summed E-state index contributed by atoms with van der Waals surface area (Å²) in [5.74, 6) is 0.0101. The molecule has 0 heterocycles. The maximum Gasteiger partial charge on any atom is 0.122 e. The Hall–Kier alpha value is -1.71. The fraction of sp³-hybridized carbons (Fsp3) is 0.133. The third-order valence-electron chi connectivity index (χ3n) is 2.98. The molecule has 5 heteroatoms. The van der Waals surface area contributed by atoms with Crippen LogP contribution in [0.4, 0.5) is 5.69 Å². The zero-order valence-electron chi connectivity index (χ0n) is 11.0. The number of amidine groups is 1. The Morgan fingerprint density at radius 3 is 2.55 bits per heavy atom. The van der Waals surface area contributed by atoms with Crippen LogP contribution in [0.25, 0.3) is 0 Å². The molecule has 0 fully saturated rings. The van der Waals surface area contributed by atoms with Gasteiger partial charge in [0.05, 0.1) is 10.7 Å². The molecule has 0 unspecified atom stereocenters. The molecule has 0 saturated heterocycles. The normalized spacial score (nSPS) is 10.3. The number of halogens is 2. The maximum absolute atomic E-state index is 7.40. The smallest absolute Gasteiger partial charge is 0.122 e. The Labute approximate surface area is 128 Å². The van der Waals surface area contributed by atoms with Crippen LogP contribution in [0.2, 0.25) is 10.0 Å². The van der Waals surface area contributed by atoms with Crippen LogP contribution < -0.4 is 10.6 Å². The summed E-state index contributed by atoms with van der Waals surface area (Å²) in [5.41, 5.74) is 8.05. The van der Waals surface area contributed by atoms with E-state index in [2.05, 4.69) is 0 Å². The van der Waals surface area contributed by atoms with Crippen molar-refractivity contribution in [2.24, 2.45) is 5.73 Å². The number of benzene rings is 2. The van der Waals surface area contributed by atoms with Crippen LogP contribution in [0.1, 0.15) is 11.1 Å². The average Bonchev–Trinajstić information content (AvgIpc) is 2.38. The van der Waals surface area contributed by atoms with E-state index < -0.39 is 0 Å². The number of nitrogen functional groups attached to an aromatic ring is 1. The molecule has 3 nitrogen and oxygen atoms in total. The van der Waals surface area contributed by atoms with E-state index in [1.807, 2.05) is 42.3 Å². The van der Waals surface area contributed by atoms with Gasteiger partial charge in [-0.1, -0.05) is 35.3 Å². The Balaban J connectivity index is 2.21. The molecule has 0 aliphatic carbocycles. The van der Waals surface area contributed by atoms with E-state index in [1.54, 1.807) is 12.1 Å². The molecule has 0 spiro atoms. The number of hydrogen-bond donors (Lipinski definition) is 2. The van der Waals surface area contributed by atoms with Gasteiger partial charge in [0.25, 0.3) is 0 Å². The van der Waals surface area contributed by atoms with Crippen LogP contribution in [0, 0.1) is 5.41 Å². The van der Waals surface area contributed by atoms with Gasteiger partial charge >= 0.3 is 0 Å². The van der Waals surface area contributed by atoms with Crippen LogP contribution in [0.15, 0.2) is 42.5 Å². The molecule has 0 bridgehead atoms. The van der Waals surface area contributed by atoms with E-state index in [9.17, 15) is 0 Å². The number of nitrogens with one attached hydrogen (secondary N) is 1. The predicted octanol–water partition coefficient (Wildman–Crippen LogP) is 3.91. The zero-order chi connectivity index (χ0) is 14.7. The van der Waals surface area contributed by atoms with Crippen molar-refractivity contribution in [1.29, 1.82) is 5.41 Å². The molecule has 3 N–H and O–H groups in total. The second-order valence-corrected chi connectivity index (χ2v) is 5.41. The largest absolute Gasteiger partial charge is 0.384 e. The van der Waals surface area contributed by atoms with E-state index in [0.717, 1.165) is 11.3 Å². The van der Waals surface area contributed by atoms with E-state index >= 15 is 0 Å². The molecule has 0 saturated carbocycles. The molecule has 2 aromatic carbocycles. The van der Waals surface area contributed by atoms with Gasteiger partial charge in [-0.05, 0) is 35.9 Å². The summed E-state index contributed by atoms with van der Waals surface area (Å²) in [6, 6.07) is 13.1. The molecule has 104 valence electrons. The number of rotatable bonds is 4. The second-order valence-electron chi connectivity index (χ2n) is 4.57. The topological polar surface area (TPSA) is 53.1 Å². The molecule has 0 atom stereocenters. The highest BCUT2D eigenvalue weighted by Crippen LogP contribution is 2.27. The Morgan fingerprint density at radius 1 is 1.20 bits per heavy atom. The van der Waals surface area contributed by atoms with Gasteiger partial charge in [-0.3, -0.25) is 5.41 Å². The lowest BCUT2D eigenvalue weighted by atomic mass is 10.1. The summed E-state index contributed by atoms with van der Waals surface area (Å²) >= 11 is 12.2. The summed E-state index contributed by atoms with van der Waals surface area (Å²) in [6.45, 7) is 0.694. The summed E-state index contributed by atoms with van der Waals surface area (Å²) in [6.07, 6.45) is 0. The lowest BCUT2D eigenvalue weighted by Gasteiger charge is -2.21. The molecular formula is C15H15Cl2N3. The Bertz CT molecular complexity index is 641. The summed E-state index contributed by atoms with van der Waals surface area (Å²) in [4.78, 5) is 2.03. The Morgan fingerprint density at radius 2 is 1.95 bits per heavy atom. The maximum atomic E-state index is 7.40. The SMILES string of the molecule is CN(Cc1cccc(Cl)c1)c1ccc(C(=N)N)cc1Cl. The van der Waals surface area contributed by atoms with Gasteiger partial charge in [0.2, 0.25) is 0 Å². The second kappa shape index (κ2) is 6.16. The first-order chi connectivity index (χ1) is 9.47. The number of hydrogen-bond acceptors (Lipinski definition) is 2. The van der Waals surface area contributed by atoms with E-state index in [4.69, 9.17) is 34.3 Å². The van der Waals surface area contributed by atoms with Crippen molar-refractivity contribution in [3.8, 4) is 0 Å². The van der Waals surface area contributed by atoms with Gasteiger partial charge in [-0.2, -0.15) is 0 Å². The first-order valence-electron chi connectivity index (χ1n) is 6.07. The van der Waals surface area contributed by atoms with Crippen molar-refractivity contribution in [2.45, 2.75) is 6.54 Å². The van der Waals surface area contributed by atoms with Crippen molar-refractivity contribution in [2.75, 3.05) is 11.9 Å². The molecular weight excluding hydrogens is 293 g/mol. The molecule has 20 heavy (non-hydrogen) atoms. The molecule has 2 aromatic rings. The van der Waals surface area contributed by atoms with E-state index in [-0.39, 0.29) is 5.84 Å². The minimum Gasteiger partial charge on any atom is -0.384 e. The van der Waals surface area contributed by atoms with Gasteiger partial charge < -0.3 is 10.6 Å². The zero-order valence-corrected chi connectivity index (χ0v) is 12.5. The molecule has 2 rings (SSSR count). The summed E-state index contributed by atoms with van der Waals surface area (Å²) < 4.78 is 0. The molecule has 0 aliphatic rings. The highest BCUT2D eigenvalue weighted by molar-refractivity contribution is 6.33.